The van der Waals surface area contributed by atoms with E-state index in [-0.39, 0.29) is 11.4 Å². The second kappa shape index (κ2) is 8.06. The van der Waals surface area contributed by atoms with Crippen molar-refractivity contribution in [3.8, 4) is 17.0 Å². The molecule has 0 aliphatic heterocycles. The third-order valence-corrected chi connectivity index (χ3v) is 5.21. The van der Waals surface area contributed by atoms with Crippen LogP contribution in [0.2, 0.25) is 0 Å². The number of hydrogen-bond acceptors (Lipinski definition) is 6. The molecule has 0 unspecified atom stereocenters. The number of carbonyl (C=O) groups is 1. The molecule has 0 saturated carbocycles. The molecule has 4 aromatic rings. The quantitative estimate of drug-likeness (QED) is 0.528. The maximum Gasteiger partial charge on any atom is 0.297 e. The Balaban J connectivity index is 1.83. The Kier molecular flexibility index (Phi) is 5.29. The first kappa shape index (κ1) is 20.3. The van der Waals surface area contributed by atoms with Crippen molar-refractivity contribution in [3.05, 3.63) is 70.2 Å². The average molecular weight is 418 g/mol. The predicted molar refractivity (Wildman–Crippen MR) is 117 cm³/mol. The molecule has 31 heavy (non-hydrogen) atoms. The van der Waals surface area contributed by atoms with Crippen molar-refractivity contribution < 1.29 is 14.1 Å². The van der Waals surface area contributed by atoms with Gasteiger partial charge < -0.3 is 14.6 Å². The van der Waals surface area contributed by atoms with Crippen LogP contribution in [0.5, 0.6) is 5.75 Å². The summed E-state index contributed by atoms with van der Waals surface area (Å²) in [5, 5.41) is 11.9. The summed E-state index contributed by atoms with van der Waals surface area (Å²) in [6.45, 7) is 5.24. The number of aromatic nitrogens is 3. The summed E-state index contributed by atoms with van der Waals surface area (Å²) in [5.74, 6) is 0.756. The van der Waals surface area contributed by atoms with Crippen LogP contribution in [-0.4, -0.2) is 28.0 Å². The number of fused-ring (bicyclic) bond motifs is 1. The molecule has 1 N–H and O–H groups in total. The van der Waals surface area contributed by atoms with Gasteiger partial charge in [0, 0.05) is 11.3 Å². The van der Waals surface area contributed by atoms with Gasteiger partial charge >= 0.3 is 0 Å². The number of methoxy groups -OCH3 is 1. The minimum absolute atomic E-state index is 0.126. The summed E-state index contributed by atoms with van der Waals surface area (Å²) in [6, 6.07) is 13.9. The fraction of sp³-hybridized carbons (Fsp3) is 0.217. The fourth-order valence-electron chi connectivity index (χ4n) is 3.40. The number of carbonyl (C=O) groups excluding carboxylic acids is 1. The standard InChI is InChI=1S/C23H22N4O4/c1-13-8-5-6-11-18(13)24-22(28)14(2)27-23(29)21-19(15(3)31-26-21)20(25-27)16-9-7-10-17(12-16)30-4/h5-12,14H,1-4H3,(H,24,28)/t14-/m0/s1. The minimum Gasteiger partial charge on any atom is -0.497 e. The molecule has 1 amide bonds. The van der Waals surface area contributed by atoms with Gasteiger partial charge in [0.25, 0.3) is 5.56 Å². The Morgan fingerprint density at radius 2 is 1.94 bits per heavy atom. The molecule has 1 atom stereocenters. The molecule has 0 aliphatic carbocycles. The highest BCUT2D eigenvalue weighted by atomic mass is 16.5. The normalized spacial score (nSPS) is 12.0. The lowest BCUT2D eigenvalue weighted by Gasteiger charge is -2.16. The maximum absolute atomic E-state index is 13.1. The summed E-state index contributed by atoms with van der Waals surface area (Å²) < 4.78 is 11.7. The molecule has 0 aliphatic rings. The van der Waals surface area contributed by atoms with Crippen LogP contribution >= 0.6 is 0 Å². The van der Waals surface area contributed by atoms with E-state index in [2.05, 4.69) is 15.6 Å². The summed E-state index contributed by atoms with van der Waals surface area (Å²) in [7, 11) is 1.58. The SMILES string of the molecule is COc1cccc(-c2nn([C@@H](C)C(=O)Nc3ccccc3C)c(=O)c3noc(C)c23)c1. The maximum atomic E-state index is 13.1. The van der Waals surface area contributed by atoms with Crippen LogP contribution in [0, 0.1) is 13.8 Å². The first-order chi connectivity index (χ1) is 14.9. The number of rotatable bonds is 5. The molecule has 0 saturated heterocycles. The van der Waals surface area contributed by atoms with Gasteiger partial charge in [-0.1, -0.05) is 35.5 Å². The third kappa shape index (κ3) is 3.68. The lowest BCUT2D eigenvalue weighted by molar-refractivity contribution is -0.119. The van der Waals surface area contributed by atoms with Crippen molar-refractivity contribution in [1.29, 1.82) is 0 Å². The molecule has 0 spiro atoms. The van der Waals surface area contributed by atoms with Gasteiger partial charge in [-0.05, 0) is 44.5 Å². The Bertz CT molecular complexity index is 1340. The monoisotopic (exact) mass is 418 g/mol. The molecular weight excluding hydrogens is 396 g/mol. The largest absolute Gasteiger partial charge is 0.497 e. The number of benzene rings is 2. The van der Waals surface area contributed by atoms with Crippen LogP contribution in [0.15, 0.2) is 57.8 Å². The highest BCUT2D eigenvalue weighted by molar-refractivity contribution is 5.95. The Morgan fingerprint density at radius 1 is 1.16 bits per heavy atom. The zero-order valence-electron chi connectivity index (χ0n) is 17.7. The van der Waals surface area contributed by atoms with Gasteiger partial charge in [0.2, 0.25) is 5.91 Å². The van der Waals surface area contributed by atoms with Crippen molar-refractivity contribution in [3.63, 3.8) is 0 Å². The van der Waals surface area contributed by atoms with Gasteiger partial charge in [0.05, 0.1) is 12.5 Å². The van der Waals surface area contributed by atoms with Crippen LogP contribution in [0.1, 0.15) is 24.3 Å². The first-order valence-corrected chi connectivity index (χ1v) is 9.80. The lowest BCUT2D eigenvalue weighted by atomic mass is 10.1. The van der Waals surface area contributed by atoms with Crippen LogP contribution in [0.25, 0.3) is 22.2 Å². The zero-order valence-corrected chi connectivity index (χ0v) is 17.7. The van der Waals surface area contributed by atoms with Crippen LogP contribution in [0.4, 0.5) is 5.69 Å². The van der Waals surface area contributed by atoms with Gasteiger partial charge in [0.1, 0.15) is 23.2 Å². The molecule has 2 heterocycles. The molecule has 0 radical (unpaired) electrons. The summed E-state index contributed by atoms with van der Waals surface area (Å²) in [6.07, 6.45) is 0. The van der Waals surface area contributed by atoms with Crippen molar-refractivity contribution in [1.82, 2.24) is 14.9 Å². The van der Waals surface area contributed by atoms with E-state index in [4.69, 9.17) is 9.26 Å². The summed E-state index contributed by atoms with van der Waals surface area (Å²) in [5.41, 5.74) is 2.44. The summed E-state index contributed by atoms with van der Waals surface area (Å²) >= 11 is 0. The predicted octanol–water partition coefficient (Wildman–Crippen LogP) is 3.88. The Morgan fingerprint density at radius 3 is 2.68 bits per heavy atom. The molecule has 4 rings (SSSR count). The zero-order chi connectivity index (χ0) is 22.1. The van der Waals surface area contributed by atoms with E-state index >= 15 is 0 Å². The molecule has 158 valence electrons. The third-order valence-electron chi connectivity index (χ3n) is 5.21. The number of anilines is 1. The highest BCUT2D eigenvalue weighted by Crippen LogP contribution is 2.30. The van der Waals surface area contributed by atoms with Crippen molar-refractivity contribution in [2.45, 2.75) is 26.8 Å². The first-order valence-electron chi connectivity index (χ1n) is 9.80. The average Bonchev–Trinajstić information content (AvgIpc) is 3.17. The molecule has 0 fully saturated rings. The highest BCUT2D eigenvalue weighted by Gasteiger charge is 2.24. The van der Waals surface area contributed by atoms with E-state index in [0.29, 0.717) is 28.3 Å². The van der Waals surface area contributed by atoms with Gasteiger partial charge in [-0.25, -0.2) is 4.68 Å². The van der Waals surface area contributed by atoms with E-state index in [0.717, 1.165) is 15.8 Å². The van der Waals surface area contributed by atoms with Crippen molar-refractivity contribution >= 4 is 22.5 Å². The van der Waals surface area contributed by atoms with Gasteiger partial charge in [-0.15, -0.1) is 0 Å². The topological polar surface area (TPSA) is 99.2 Å². The lowest BCUT2D eigenvalue weighted by Crippen LogP contribution is -2.34. The molecular formula is C23H22N4O4. The number of nitrogens with one attached hydrogen (secondary N) is 1. The van der Waals surface area contributed by atoms with E-state index < -0.39 is 11.6 Å². The van der Waals surface area contributed by atoms with E-state index in [1.165, 1.54) is 0 Å². The van der Waals surface area contributed by atoms with Crippen molar-refractivity contribution in [2.24, 2.45) is 0 Å². The van der Waals surface area contributed by atoms with E-state index in [1.54, 1.807) is 27.0 Å². The number of amides is 1. The molecule has 8 nitrogen and oxygen atoms in total. The molecule has 2 aromatic heterocycles. The Hall–Kier alpha value is -3.94. The van der Waals surface area contributed by atoms with Crippen molar-refractivity contribution in [2.75, 3.05) is 12.4 Å². The summed E-state index contributed by atoms with van der Waals surface area (Å²) in [4.78, 5) is 26.0. The number of ether oxygens (including phenoxy) is 1. The van der Waals surface area contributed by atoms with Crippen LogP contribution in [-0.2, 0) is 4.79 Å². The van der Waals surface area contributed by atoms with Gasteiger partial charge in [0.15, 0.2) is 5.52 Å². The molecule has 8 heteroatoms. The number of para-hydroxylation sites is 1. The van der Waals surface area contributed by atoms with Crippen LogP contribution < -0.4 is 15.6 Å². The van der Waals surface area contributed by atoms with Gasteiger partial charge in [-0.2, -0.15) is 5.10 Å². The fourth-order valence-corrected chi connectivity index (χ4v) is 3.40. The Labute approximate surface area is 178 Å². The molecule has 0 bridgehead atoms. The van der Waals surface area contributed by atoms with E-state index in [1.807, 2.05) is 49.4 Å². The second-order valence-corrected chi connectivity index (χ2v) is 7.27. The van der Waals surface area contributed by atoms with Crippen LogP contribution in [0.3, 0.4) is 0 Å². The van der Waals surface area contributed by atoms with E-state index in [9.17, 15) is 9.59 Å². The minimum atomic E-state index is -0.877. The number of aryl methyl sites for hydroxylation is 2. The van der Waals surface area contributed by atoms with Gasteiger partial charge in [-0.3, -0.25) is 9.59 Å². The number of nitrogens with zero attached hydrogens (tertiary/aromatic N) is 3. The smallest absolute Gasteiger partial charge is 0.297 e. The molecule has 2 aromatic carbocycles. The second-order valence-electron chi connectivity index (χ2n) is 7.27. The number of hydrogen-bond donors (Lipinski definition) is 1.